The van der Waals surface area contributed by atoms with Gasteiger partial charge < -0.3 is 18.6 Å². The molecule has 0 fully saturated rings. The minimum Gasteiger partial charge on any atom is -0.486 e. The highest BCUT2D eigenvalue weighted by Crippen LogP contribution is 2.34. The number of carbonyl (C=O) groups is 1. The van der Waals surface area contributed by atoms with Crippen LogP contribution in [0.2, 0.25) is 0 Å². The van der Waals surface area contributed by atoms with Crippen molar-refractivity contribution in [1.29, 1.82) is 0 Å². The van der Waals surface area contributed by atoms with E-state index in [1.165, 1.54) is 17.8 Å². The van der Waals surface area contributed by atoms with E-state index in [-0.39, 0.29) is 18.3 Å². The zero-order chi connectivity index (χ0) is 20.4. The monoisotopic (exact) mass is 412 g/mol. The fourth-order valence-corrected chi connectivity index (χ4v) is 3.82. The van der Waals surface area contributed by atoms with Gasteiger partial charge in [-0.05, 0) is 43.2 Å². The second kappa shape index (κ2) is 8.21. The van der Waals surface area contributed by atoms with Crippen LogP contribution >= 0.6 is 11.8 Å². The number of benzene rings is 2. The maximum Gasteiger partial charge on any atom is 0.336 e. The minimum atomic E-state index is -0.456. The van der Waals surface area contributed by atoms with Crippen LogP contribution in [0.25, 0.3) is 11.0 Å². The van der Waals surface area contributed by atoms with E-state index in [9.17, 15) is 9.59 Å². The third-order valence-electron chi connectivity index (χ3n) is 4.78. The number of rotatable bonds is 5. The SMILES string of the molecule is Cc1ccc2c(COC(=O)CSc3ccc4c(c3)OCCO4)cc(=O)oc2c1C. The lowest BCUT2D eigenvalue weighted by molar-refractivity contribution is -0.141. The summed E-state index contributed by atoms with van der Waals surface area (Å²) in [5, 5.41) is 0.778. The van der Waals surface area contributed by atoms with E-state index in [4.69, 9.17) is 18.6 Å². The predicted molar refractivity (Wildman–Crippen MR) is 110 cm³/mol. The number of hydrogen-bond donors (Lipinski definition) is 0. The average Bonchev–Trinajstić information content (AvgIpc) is 2.73. The third-order valence-corrected chi connectivity index (χ3v) is 5.74. The Morgan fingerprint density at radius 3 is 2.69 bits per heavy atom. The number of thioether (sulfide) groups is 1. The molecule has 0 bridgehead atoms. The molecule has 150 valence electrons. The summed E-state index contributed by atoms with van der Waals surface area (Å²) in [5.41, 5.74) is 2.65. The Morgan fingerprint density at radius 2 is 1.86 bits per heavy atom. The van der Waals surface area contributed by atoms with Crippen LogP contribution in [0.5, 0.6) is 11.5 Å². The van der Waals surface area contributed by atoms with E-state index in [0.717, 1.165) is 21.4 Å². The van der Waals surface area contributed by atoms with E-state index in [2.05, 4.69) is 0 Å². The molecular weight excluding hydrogens is 392 g/mol. The van der Waals surface area contributed by atoms with Crippen molar-refractivity contribution in [3.05, 3.63) is 63.5 Å². The van der Waals surface area contributed by atoms with Crippen molar-refractivity contribution < 1.29 is 23.4 Å². The molecule has 0 N–H and O–H groups in total. The highest BCUT2D eigenvalue weighted by atomic mass is 32.2. The summed E-state index contributed by atoms with van der Waals surface area (Å²) in [5.74, 6) is 1.18. The molecule has 4 rings (SSSR count). The number of carbonyl (C=O) groups excluding carboxylic acids is 1. The van der Waals surface area contributed by atoms with Crippen molar-refractivity contribution in [2.45, 2.75) is 25.3 Å². The molecule has 1 aliphatic heterocycles. The van der Waals surface area contributed by atoms with Crippen molar-refractivity contribution >= 4 is 28.7 Å². The minimum absolute atomic E-state index is 0.0190. The van der Waals surface area contributed by atoms with Gasteiger partial charge in [0.05, 0.1) is 5.75 Å². The van der Waals surface area contributed by atoms with Crippen molar-refractivity contribution in [3.8, 4) is 11.5 Å². The van der Waals surface area contributed by atoms with Crippen molar-refractivity contribution in [2.24, 2.45) is 0 Å². The molecular formula is C22H20O6S. The number of hydrogen-bond acceptors (Lipinski definition) is 7. The van der Waals surface area contributed by atoms with Crippen LogP contribution in [0.4, 0.5) is 0 Å². The first-order chi connectivity index (χ1) is 14.0. The molecule has 1 aliphatic rings. The topological polar surface area (TPSA) is 75.0 Å². The first-order valence-electron chi connectivity index (χ1n) is 9.22. The number of aryl methyl sites for hydroxylation is 2. The van der Waals surface area contributed by atoms with Gasteiger partial charge in [0.2, 0.25) is 0 Å². The zero-order valence-electron chi connectivity index (χ0n) is 16.2. The van der Waals surface area contributed by atoms with Crippen LogP contribution in [-0.2, 0) is 16.1 Å². The molecule has 3 aromatic rings. The first-order valence-corrected chi connectivity index (χ1v) is 10.2. The Labute approximate surface area is 171 Å². The second-order valence-electron chi connectivity index (χ2n) is 6.73. The van der Waals surface area contributed by atoms with Crippen molar-refractivity contribution in [1.82, 2.24) is 0 Å². The summed E-state index contributed by atoms with van der Waals surface area (Å²) in [6.45, 7) is 4.93. The second-order valence-corrected chi connectivity index (χ2v) is 7.78. The molecule has 0 saturated heterocycles. The number of ether oxygens (including phenoxy) is 3. The molecule has 2 aromatic carbocycles. The van der Waals surface area contributed by atoms with Gasteiger partial charge in [-0.2, -0.15) is 0 Å². The Hall–Kier alpha value is -2.93. The molecule has 1 aromatic heterocycles. The van der Waals surface area contributed by atoms with Gasteiger partial charge in [0.25, 0.3) is 0 Å². The summed E-state index contributed by atoms with van der Waals surface area (Å²) in [4.78, 5) is 25.0. The quantitative estimate of drug-likeness (QED) is 0.356. The summed E-state index contributed by atoms with van der Waals surface area (Å²) in [7, 11) is 0. The van der Waals surface area contributed by atoms with Gasteiger partial charge in [0, 0.05) is 21.9 Å². The third kappa shape index (κ3) is 4.24. The van der Waals surface area contributed by atoms with Crippen LogP contribution in [-0.4, -0.2) is 24.9 Å². The molecule has 0 saturated carbocycles. The normalized spacial score (nSPS) is 12.8. The van der Waals surface area contributed by atoms with Crippen LogP contribution in [0.15, 0.2) is 50.5 Å². The Morgan fingerprint density at radius 1 is 1.07 bits per heavy atom. The van der Waals surface area contributed by atoms with Crippen LogP contribution in [0.1, 0.15) is 16.7 Å². The number of fused-ring (bicyclic) bond motifs is 2. The van der Waals surface area contributed by atoms with Crippen LogP contribution in [0.3, 0.4) is 0 Å². The zero-order valence-corrected chi connectivity index (χ0v) is 17.0. The van der Waals surface area contributed by atoms with Gasteiger partial charge in [-0.3, -0.25) is 4.79 Å². The Balaban J connectivity index is 1.41. The standard InChI is InChI=1S/C22H20O6S/c1-13-3-5-17-15(9-20(23)28-22(17)14(13)2)11-27-21(24)12-29-16-4-6-18-19(10-16)26-8-7-25-18/h3-6,9-10H,7-8,11-12H2,1-2H3. The van der Waals surface area contributed by atoms with Gasteiger partial charge in [-0.25, -0.2) is 4.79 Å². The lowest BCUT2D eigenvalue weighted by Gasteiger charge is -2.18. The van der Waals surface area contributed by atoms with Gasteiger partial charge in [-0.1, -0.05) is 12.1 Å². The van der Waals surface area contributed by atoms with Crippen molar-refractivity contribution in [3.63, 3.8) is 0 Å². The Kier molecular flexibility index (Phi) is 5.49. The van der Waals surface area contributed by atoms with E-state index in [1.807, 2.05) is 44.2 Å². The molecule has 29 heavy (non-hydrogen) atoms. The van der Waals surface area contributed by atoms with Gasteiger partial charge >= 0.3 is 11.6 Å². The number of esters is 1. The van der Waals surface area contributed by atoms with E-state index < -0.39 is 5.63 Å². The molecule has 0 spiro atoms. The Bertz CT molecular complexity index is 1130. The highest BCUT2D eigenvalue weighted by Gasteiger charge is 2.14. The van der Waals surface area contributed by atoms with E-state index >= 15 is 0 Å². The molecule has 2 heterocycles. The van der Waals surface area contributed by atoms with E-state index in [0.29, 0.717) is 35.9 Å². The van der Waals surface area contributed by atoms with Crippen LogP contribution < -0.4 is 15.1 Å². The molecule has 6 nitrogen and oxygen atoms in total. The first kappa shape index (κ1) is 19.4. The summed E-state index contributed by atoms with van der Waals surface area (Å²) in [6, 6.07) is 10.8. The lowest BCUT2D eigenvalue weighted by Crippen LogP contribution is -2.15. The summed E-state index contributed by atoms with van der Waals surface area (Å²) in [6.07, 6.45) is 0. The van der Waals surface area contributed by atoms with Crippen molar-refractivity contribution in [2.75, 3.05) is 19.0 Å². The summed E-state index contributed by atoms with van der Waals surface area (Å²) < 4.78 is 21.8. The fraction of sp³-hybridized carbons (Fsp3) is 0.273. The maximum absolute atomic E-state index is 12.2. The predicted octanol–water partition coefficient (Wildman–Crippen LogP) is 4.02. The molecule has 0 aliphatic carbocycles. The van der Waals surface area contributed by atoms with E-state index in [1.54, 1.807) is 0 Å². The fourth-order valence-electron chi connectivity index (χ4n) is 3.10. The summed E-state index contributed by atoms with van der Waals surface area (Å²) >= 11 is 1.36. The molecule has 0 radical (unpaired) electrons. The smallest absolute Gasteiger partial charge is 0.336 e. The molecule has 0 atom stereocenters. The molecule has 7 heteroatoms. The lowest BCUT2D eigenvalue weighted by atomic mass is 10.0. The largest absolute Gasteiger partial charge is 0.486 e. The maximum atomic E-state index is 12.2. The van der Waals surface area contributed by atoms with Gasteiger partial charge in [-0.15, -0.1) is 11.8 Å². The molecule has 0 amide bonds. The van der Waals surface area contributed by atoms with Gasteiger partial charge in [0.15, 0.2) is 11.5 Å². The average molecular weight is 412 g/mol. The van der Waals surface area contributed by atoms with Gasteiger partial charge in [0.1, 0.15) is 25.4 Å². The molecule has 0 unspecified atom stereocenters. The highest BCUT2D eigenvalue weighted by molar-refractivity contribution is 8.00. The van der Waals surface area contributed by atoms with Crippen LogP contribution in [0, 0.1) is 13.8 Å².